The van der Waals surface area contributed by atoms with Crippen LogP contribution in [0.1, 0.15) is 37.7 Å². The van der Waals surface area contributed by atoms with E-state index in [2.05, 4.69) is 0 Å². The number of nitrogens with zero attached hydrogens (tertiary/aromatic N) is 2. The van der Waals surface area contributed by atoms with Gasteiger partial charge in [-0.05, 0) is 31.7 Å². The number of halogens is 3. The van der Waals surface area contributed by atoms with Crippen LogP contribution in [-0.2, 0) is 11.3 Å². The number of rotatable bonds is 3. The van der Waals surface area contributed by atoms with Crippen LogP contribution < -0.4 is 0 Å². The topological polar surface area (TPSA) is 23.6 Å². The molecule has 0 spiro atoms. The Bertz CT molecular complexity index is 585. The quantitative estimate of drug-likeness (QED) is 0.797. The molecule has 1 amide bonds. The third-order valence-corrected chi connectivity index (χ3v) is 4.84. The van der Waals surface area contributed by atoms with Gasteiger partial charge in [0.1, 0.15) is 5.82 Å². The summed E-state index contributed by atoms with van der Waals surface area (Å²) in [6.45, 7) is 2.56. The molecule has 23 heavy (non-hydrogen) atoms. The first kappa shape index (κ1) is 16.3. The van der Waals surface area contributed by atoms with Gasteiger partial charge in [-0.15, -0.1) is 0 Å². The number of hydrogen-bond acceptors (Lipinski definition) is 2. The lowest BCUT2D eigenvalue weighted by Gasteiger charge is -2.40. The van der Waals surface area contributed by atoms with Crippen molar-refractivity contribution in [2.75, 3.05) is 19.6 Å². The van der Waals surface area contributed by atoms with Crippen molar-refractivity contribution in [1.82, 2.24) is 9.80 Å². The fourth-order valence-electron chi connectivity index (χ4n) is 3.53. The van der Waals surface area contributed by atoms with E-state index in [9.17, 15) is 18.0 Å². The Kier molecular flexibility index (Phi) is 4.90. The highest BCUT2D eigenvalue weighted by Gasteiger charge is 2.29. The monoisotopic (exact) mass is 326 g/mol. The predicted octanol–water partition coefficient (Wildman–Crippen LogP) is 3.08. The van der Waals surface area contributed by atoms with E-state index in [0.29, 0.717) is 12.5 Å². The molecule has 2 aliphatic heterocycles. The molecule has 0 aliphatic carbocycles. The van der Waals surface area contributed by atoms with Gasteiger partial charge in [0.15, 0.2) is 11.6 Å². The van der Waals surface area contributed by atoms with Crippen LogP contribution in [0, 0.1) is 17.5 Å². The van der Waals surface area contributed by atoms with Crippen LogP contribution in [0.4, 0.5) is 13.2 Å². The highest BCUT2D eigenvalue weighted by Crippen LogP contribution is 2.23. The van der Waals surface area contributed by atoms with E-state index < -0.39 is 17.5 Å². The number of amides is 1. The Hall–Kier alpha value is -1.56. The second-order valence-corrected chi connectivity index (χ2v) is 6.41. The van der Waals surface area contributed by atoms with Crippen molar-refractivity contribution in [2.45, 2.75) is 44.7 Å². The molecule has 3 rings (SSSR count). The van der Waals surface area contributed by atoms with Crippen molar-refractivity contribution in [3.05, 3.63) is 35.1 Å². The van der Waals surface area contributed by atoms with E-state index in [1.807, 2.05) is 9.80 Å². The molecular weight excluding hydrogens is 305 g/mol. The molecule has 0 N–H and O–H groups in total. The predicted molar refractivity (Wildman–Crippen MR) is 80.2 cm³/mol. The molecule has 6 heteroatoms. The smallest absolute Gasteiger partial charge is 0.222 e. The van der Waals surface area contributed by atoms with E-state index in [1.165, 1.54) is 0 Å². The van der Waals surface area contributed by atoms with Crippen molar-refractivity contribution < 1.29 is 18.0 Å². The molecular formula is C17H21F3N2O. The van der Waals surface area contributed by atoms with Gasteiger partial charge in [0, 0.05) is 50.3 Å². The van der Waals surface area contributed by atoms with Crippen LogP contribution in [0.3, 0.4) is 0 Å². The minimum atomic E-state index is -1.16. The fraction of sp³-hybridized carbons (Fsp3) is 0.588. The first-order valence-corrected chi connectivity index (χ1v) is 8.20. The third kappa shape index (κ3) is 3.68. The highest BCUT2D eigenvalue weighted by molar-refractivity contribution is 5.77. The largest absolute Gasteiger partial charge is 0.340 e. The average Bonchev–Trinajstić information content (AvgIpc) is 2.54. The molecule has 3 nitrogen and oxygen atoms in total. The molecule has 2 fully saturated rings. The molecule has 2 aliphatic rings. The summed E-state index contributed by atoms with van der Waals surface area (Å²) in [4.78, 5) is 16.0. The highest BCUT2D eigenvalue weighted by atomic mass is 19.2. The Morgan fingerprint density at radius 1 is 0.957 bits per heavy atom. The third-order valence-electron chi connectivity index (χ3n) is 4.84. The number of benzene rings is 1. The van der Waals surface area contributed by atoms with Gasteiger partial charge >= 0.3 is 0 Å². The lowest BCUT2D eigenvalue weighted by molar-refractivity contribution is -0.136. The summed E-state index contributed by atoms with van der Waals surface area (Å²) in [5, 5.41) is 0. The van der Waals surface area contributed by atoms with Crippen molar-refractivity contribution in [1.29, 1.82) is 0 Å². The van der Waals surface area contributed by atoms with Gasteiger partial charge in [0.2, 0.25) is 5.91 Å². The molecule has 1 aromatic rings. The lowest BCUT2D eigenvalue weighted by atomic mass is 9.99. The van der Waals surface area contributed by atoms with Gasteiger partial charge in [-0.2, -0.15) is 0 Å². The average molecular weight is 326 g/mol. The van der Waals surface area contributed by atoms with Gasteiger partial charge < -0.3 is 4.90 Å². The number of likely N-dealkylation sites (tertiary alicyclic amines) is 2. The normalized spacial score (nSPS) is 21.0. The minimum absolute atomic E-state index is 0.177. The van der Waals surface area contributed by atoms with Crippen LogP contribution >= 0.6 is 0 Å². The zero-order chi connectivity index (χ0) is 16.4. The molecule has 0 atom stereocenters. The molecule has 1 aromatic carbocycles. The SMILES string of the molecule is O=C1CCCCN1C1CCN(Cc2cc(F)c(F)cc2F)CC1. The summed E-state index contributed by atoms with van der Waals surface area (Å²) in [6, 6.07) is 1.79. The number of carbonyl (C=O) groups excluding carboxylic acids is 1. The lowest BCUT2D eigenvalue weighted by Crippen LogP contribution is -2.48. The van der Waals surface area contributed by atoms with Crippen molar-refractivity contribution in [3.63, 3.8) is 0 Å². The van der Waals surface area contributed by atoms with Crippen molar-refractivity contribution >= 4 is 5.91 Å². The minimum Gasteiger partial charge on any atom is -0.340 e. The Balaban J connectivity index is 1.57. The first-order valence-electron chi connectivity index (χ1n) is 8.20. The van der Waals surface area contributed by atoms with Crippen LogP contribution in [0.2, 0.25) is 0 Å². The Morgan fingerprint density at radius 2 is 1.65 bits per heavy atom. The van der Waals surface area contributed by atoms with Gasteiger partial charge in [-0.25, -0.2) is 13.2 Å². The summed E-state index contributed by atoms with van der Waals surface area (Å²) >= 11 is 0. The van der Waals surface area contributed by atoms with Crippen LogP contribution in [-0.4, -0.2) is 41.4 Å². The van der Waals surface area contributed by atoms with Gasteiger partial charge in [0.25, 0.3) is 0 Å². The van der Waals surface area contributed by atoms with E-state index in [1.54, 1.807) is 0 Å². The van der Waals surface area contributed by atoms with E-state index in [-0.39, 0.29) is 24.1 Å². The van der Waals surface area contributed by atoms with E-state index >= 15 is 0 Å². The van der Waals surface area contributed by atoms with Crippen molar-refractivity contribution in [2.24, 2.45) is 0 Å². The summed E-state index contributed by atoms with van der Waals surface area (Å²) in [5.74, 6) is -2.65. The Labute approximate surface area is 134 Å². The second kappa shape index (κ2) is 6.91. The maximum absolute atomic E-state index is 13.7. The van der Waals surface area contributed by atoms with Crippen molar-refractivity contribution in [3.8, 4) is 0 Å². The van der Waals surface area contributed by atoms with Crippen LogP contribution in [0.5, 0.6) is 0 Å². The maximum atomic E-state index is 13.7. The molecule has 126 valence electrons. The van der Waals surface area contributed by atoms with Crippen LogP contribution in [0.15, 0.2) is 12.1 Å². The number of hydrogen-bond donors (Lipinski definition) is 0. The van der Waals surface area contributed by atoms with Gasteiger partial charge in [0.05, 0.1) is 0 Å². The summed E-state index contributed by atoms with van der Waals surface area (Å²) in [7, 11) is 0. The molecule has 0 aromatic heterocycles. The summed E-state index contributed by atoms with van der Waals surface area (Å²) in [5.41, 5.74) is 0.177. The van der Waals surface area contributed by atoms with Crippen LogP contribution in [0.25, 0.3) is 0 Å². The Morgan fingerprint density at radius 3 is 2.35 bits per heavy atom. The molecule has 0 bridgehead atoms. The zero-order valence-corrected chi connectivity index (χ0v) is 13.0. The summed E-state index contributed by atoms with van der Waals surface area (Å²) < 4.78 is 39.9. The van der Waals surface area contributed by atoms with Gasteiger partial charge in [-0.3, -0.25) is 9.69 Å². The summed E-state index contributed by atoms with van der Waals surface area (Å²) in [6.07, 6.45) is 4.37. The number of piperidine rings is 2. The second-order valence-electron chi connectivity index (χ2n) is 6.41. The number of carbonyl (C=O) groups is 1. The zero-order valence-electron chi connectivity index (χ0n) is 13.0. The molecule has 2 saturated heterocycles. The fourth-order valence-corrected chi connectivity index (χ4v) is 3.53. The maximum Gasteiger partial charge on any atom is 0.222 e. The standard InChI is InChI=1S/C17H21F3N2O/c18-14-10-16(20)15(19)9-12(14)11-21-7-4-13(5-8-21)22-6-2-1-3-17(22)23/h9-10,13H,1-8,11H2. The molecule has 2 heterocycles. The van der Waals surface area contributed by atoms with E-state index in [0.717, 1.165) is 51.4 Å². The molecule has 0 unspecified atom stereocenters. The first-order chi connectivity index (χ1) is 11.0. The van der Waals surface area contributed by atoms with E-state index in [4.69, 9.17) is 0 Å². The molecule has 0 radical (unpaired) electrons. The van der Waals surface area contributed by atoms with Gasteiger partial charge in [-0.1, -0.05) is 0 Å². The molecule has 0 saturated carbocycles.